The van der Waals surface area contributed by atoms with Gasteiger partial charge in [0.1, 0.15) is 6.61 Å². The van der Waals surface area contributed by atoms with Gasteiger partial charge in [0.05, 0.1) is 12.2 Å². The summed E-state index contributed by atoms with van der Waals surface area (Å²) in [6.07, 6.45) is 0.636. The summed E-state index contributed by atoms with van der Waals surface area (Å²) in [6, 6.07) is 9.76. The summed E-state index contributed by atoms with van der Waals surface area (Å²) >= 11 is 0. The normalized spacial score (nSPS) is 23.3. The van der Waals surface area contributed by atoms with Gasteiger partial charge in [-0.25, -0.2) is 0 Å². The summed E-state index contributed by atoms with van der Waals surface area (Å²) in [5.74, 6) is -0.0521. The van der Waals surface area contributed by atoms with Crippen LogP contribution in [-0.2, 0) is 16.1 Å². The number of rotatable bonds is 4. The zero-order valence-corrected chi connectivity index (χ0v) is 10.6. The van der Waals surface area contributed by atoms with Gasteiger partial charge < -0.3 is 14.7 Å². The second-order valence-electron chi connectivity index (χ2n) is 5.04. The highest BCUT2D eigenvalue weighted by molar-refractivity contribution is 5.77. The third-order valence-corrected chi connectivity index (χ3v) is 3.14. The van der Waals surface area contributed by atoms with Crippen molar-refractivity contribution >= 4 is 5.91 Å². The molecule has 1 amide bonds. The number of β-amino-alcohol motifs (C(OH)–C–C–N with tert-alkyl or cyclic N) is 1. The summed E-state index contributed by atoms with van der Waals surface area (Å²) in [5.41, 5.74) is 0.313. The molecule has 2 rings (SSSR count). The van der Waals surface area contributed by atoms with Crippen molar-refractivity contribution in [1.29, 1.82) is 0 Å². The fraction of sp³-hybridized carbons (Fsp3) is 0.500. The van der Waals surface area contributed by atoms with Crippen LogP contribution in [0.1, 0.15) is 18.9 Å². The average molecular weight is 249 g/mol. The lowest BCUT2D eigenvalue weighted by molar-refractivity contribution is -0.136. The largest absolute Gasteiger partial charge is 0.388 e. The molecule has 1 atom stereocenters. The molecule has 1 heterocycles. The smallest absolute Gasteiger partial charge is 0.248 e. The molecule has 0 bridgehead atoms. The van der Waals surface area contributed by atoms with E-state index < -0.39 is 5.60 Å². The fourth-order valence-corrected chi connectivity index (χ4v) is 2.08. The number of likely N-dealkylation sites (tertiary alicyclic amines) is 1. The fourth-order valence-electron chi connectivity index (χ4n) is 2.08. The zero-order chi connectivity index (χ0) is 13.0. The van der Waals surface area contributed by atoms with Crippen LogP contribution in [0.25, 0.3) is 0 Å². The van der Waals surface area contributed by atoms with Crippen LogP contribution < -0.4 is 0 Å². The molecule has 0 radical (unpaired) electrons. The lowest BCUT2D eigenvalue weighted by Gasteiger charge is -2.18. The quantitative estimate of drug-likeness (QED) is 0.872. The number of aliphatic hydroxyl groups is 1. The molecule has 0 saturated carbocycles. The Balaban J connectivity index is 1.73. The molecule has 1 fully saturated rings. The minimum absolute atomic E-state index is 0.0521. The topological polar surface area (TPSA) is 49.8 Å². The molecule has 0 aliphatic carbocycles. The maximum absolute atomic E-state index is 11.8. The minimum Gasteiger partial charge on any atom is -0.388 e. The van der Waals surface area contributed by atoms with Crippen molar-refractivity contribution in [3.63, 3.8) is 0 Å². The molecule has 98 valence electrons. The second-order valence-corrected chi connectivity index (χ2v) is 5.04. The van der Waals surface area contributed by atoms with E-state index in [1.807, 2.05) is 30.3 Å². The van der Waals surface area contributed by atoms with Crippen LogP contribution in [0.15, 0.2) is 30.3 Å². The monoisotopic (exact) mass is 249 g/mol. The molecular formula is C14H19NO3. The van der Waals surface area contributed by atoms with E-state index in [4.69, 9.17) is 4.74 Å². The lowest BCUT2D eigenvalue weighted by atomic mass is 10.1. The summed E-state index contributed by atoms with van der Waals surface area (Å²) in [5, 5.41) is 9.78. The van der Waals surface area contributed by atoms with E-state index >= 15 is 0 Å². The van der Waals surface area contributed by atoms with Crippen molar-refractivity contribution in [3.8, 4) is 0 Å². The van der Waals surface area contributed by atoms with Crippen molar-refractivity contribution in [3.05, 3.63) is 35.9 Å². The van der Waals surface area contributed by atoms with E-state index in [1.165, 1.54) is 0 Å². The number of nitrogens with zero attached hydrogens (tertiary/aromatic N) is 1. The highest BCUT2D eigenvalue weighted by Gasteiger charge is 2.33. The number of carbonyl (C=O) groups is 1. The Bertz CT molecular complexity index is 403. The predicted molar refractivity (Wildman–Crippen MR) is 67.9 cm³/mol. The first kappa shape index (κ1) is 13.1. The first-order chi connectivity index (χ1) is 8.57. The molecule has 1 aliphatic heterocycles. The van der Waals surface area contributed by atoms with Gasteiger partial charge in [0, 0.05) is 13.1 Å². The zero-order valence-electron chi connectivity index (χ0n) is 10.6. The van der Waals surface area contributed by atoms with E-state index in [1.54, 1.807) is 11.8 Å². The van der Waals surface area contributed by atoms with Crippen molar-refractivity contribution in [2.24, 2.45) is 0 Å². The number of benzene rings is 1. The highest BCUT2D eigenvalue weighted by Crippen LogP contribution is 2.20. The molecule has 1 aromatic carbocycles. The summed E-state index contributed by atoms with van der Waals surface area (Å²) < 4.78 is 5.39. The van der Waals surface area contributed by atoms with Gasteiger partial charge in [-0.1, -0.05) is 30.3 Å². The molecule has 1 aromatic rings. The summed E-state index contributed by atoms with van der Waals surface area (Å²) in [6.45, 7) is 3.29. The van der Waals surface area contributed by atoms with Crippen LogP contribution in [0.2, 0.25) is 0 Å². The van der Waals surface area contributed by atoms with Gasteiger partial charge >= 0.3 is 0 Å². The predicted octanol–water partition coefficient (Wildman–Crippen LogP) is 1.19. The Morgan fingerprint density at radius 3 is 2.78 bits per heavy atom. The summed E-state index contributed by atoms with van der Waals surface area (Å²) in [4.78, 5) is 13.5. The third kappa shape index (κ3) is 3.55. The first-order valence-electron chi connectivity index (χ1n) is 6.19. The van der Waals surface area contributed by atoms with Gasteiger partial charge in [-0.3, -0.25) is 4.79 Å². The minimum atomic E-state index is -0.741. The molecule has 1 N–H and O–H groups in total. The molecule has 1 saturated heterocycles. The Kier molecular flexibility index (Phi) is 3.99. The van der Waals surface area contributed by atoms with Crippen molar-refractivity contribution < 1.29 is 14.6 Å². The van der Waals surface area contributed by atoms with Gasteiger partial charge in [0.15, 0.2) is 0 Å². The van der Waals surface area contributed by atoms with Crippen LogP contribution in [0.3, 0.4) is 0 Å². The number of carbonyl (C=O) groups excluding carboxylic acids is 1. The second kappa shape index (κ2) is 5.50. The molecule has 1 unspecified atom stereocenters. The number of hydrogen-bond acceptors (Lipinski definition) is 3. The molecule has 4 nitrogen and oxygen atoms in total. The van der Waals surface area contributed by atoms with Crippen molar-refractivity contribution in [2.45, 2.75) is 25.6 Å². The van der Waals surface area contributed by atoms with Gasteiger partial charge in [-0.05, 0) is 18.9 Å². The number of amides is 1. The van der Waals surface area contributed by atoms with E-state index in [9.17, 15) is 9.90 Å². The maximum Gasteiger partial charge on any atom is 0.248 e. The van der Waals surface area contributed by atoms with Crippen molar-refractivity contribution in [1.82, 2.24) is 4.90 Å². The van der Waals surface area contributed by atoms with Gasteiger partial charge in [-0.2, -0.15) is 0 Å². The first-order valence-corrected chi connectivity index (χ1v) is 6.19. The van der Waals surface area contributed by atoms with E-state index in [0.29, 0.717) is 26.1 Å². The molecule has 0 aromatic heterocycles. The van der Waals surface area contributed by atoms with E-state index in [-0.39, 0.29) is 12.5 Å². The van der Waals surface area contributed by atoms with Crippen LogP contribution in [0, 0.1) is 0 Å². The average Bonchev–Trinajstić information content (AvgIpc) is 2.71. The van der Waals surface area contributed by atoms with Crippen LogP contribution in [0.4, 0.5) is 0 Å². The molecular weight excluding hydrogens is 230 g/mol. The maximum atomic E-state index is 11.8. The van der Waals surface area contributed by atoms with E-state index in [2.05, 4.69) is 0 Å². The van der Waals surface area contributed by atoms with Crippen molar-refractivity contribution in [2.75, 3.05) is 19.7 Å². The highest BCUT2D eigenvalue weighted by atomic mass is 16.5. The van der Waals surface area contributed by atoms with Crippen LogP contribution in [0.5, 0.6) is 0 Å². The standard InChI is InChI=1S/C14H19NO3/c1-14(17)7-8-15(11-14)13(16)10-18-9-12-5-3-2-4-6-12/h2-6,17H,7-11H2,1H3. The molecule has 0 spiro atoms. The Hall–Kier alpha value is -1.39. The lowest BCUT2D eigenvalue weighted by Crippen LogP contribution is -2.35. The third-order valence-electron chi connectivity index (χ3n) is 3.14. The Morgan fingerprint density at radius 1 is 1.44 bits per heavy atom. The SMILES string of the molecule is CC1(O)CCN(C(=O)COCc2ccccc2)C1. The van der Waals surface area contributed by atoms with Gasteiger partial charge in [0.25, 0.3) is 0 Å². The Morgan fingerprint density at radius 2 is 2.17 bits per heavy atom. The summed E-state index contributed by atoms with van der Waals surface area (Å²) in [7, 11) is 0. The van der Waals surface area contributed by atoms with Crippen LogP contribution >= 0.6 is 0 Å². The number of hydrogen-bond donors (Lipinski definition) is 1. The van der Waals surface area contributed by atoms with E-state index in [0.717, 1.165) is 5.56 Å². The van der Waals surface area contributed by atoms with Gasteiger partial charge in [-0.15, -0.1) is 0 Å². The van der Waals surface area contributed by atoms with Gasteiger partial charge in [0.2, 0.25) is 5.91 Å². The Labute approximate surface area is 107 Å². The molecule has 18 heavy (non-hydrogen) atoms. The number of ether oxygens (including phenoxy) is 1. The van der Waals surface area contributed by atoms with Crippen LogP contribution in [-0.4, -0.2) is 41.2 Å². The molecule has 4 heteroatoms. The molecule has 1 aliphatic rings.